The van der Waals surface area contributed by atoms with Crippen LogP contribution in [0.1, 0.15) is 31.7 Å². The van der Waals surface area contributed by atoms with Crippen molar-refractivity contribution >= 4 is 11.6 Å². The van der Waals surface area contributed by atoms with E-state index < -0.39 is 5.60 Å². The van der Waals surface area contributed by atoms with Gasteiger partial charge in [-0.05, 0) is 24.8 Å². The number of aliphatic hydroxyl groups is 1. The SMILES string of the molecule is CCCC1CC1(O)c1cncc(Cl)c1. The number of nitrogens with zero attached hydrogens (tertiary/aromatic N) is 1. The van der Waals surface area contributed by atoms with Crippen LogP contribution in [0.4, 0.5) is 0 Å². The van der Waals surface area contributed by atoms with Crippen LogP contribution in [0.2, 0.25) is 5.02 Å². The summed E-state index contributed by atoms with van der Waals surface area (Å²) in [6.07, 6.45) is 6.33. The van der Waals surface area contributed by atoms with E-state index in [-0.39, 0.29) is 0 Å². The number of hydrogen-bond acceptors (Lipinski definition) is 2. The van der Waals surface area contributed by atoms with E-state index in [0.29, 0.717) is 10.9 Å². The summed E-state index contributed by atoms with van der Waals surface area (Å²) < 4.78 is 0. The average Bonchev–Trinajstić information content (AvgIpc) is 2.79. The van der Waals surface area contributed by atoms with Gasteiger partial charge in [0.05, 0.1) is 10.6 Å². The quantitative estimate of drug-likeness (QED) is 0.834. The van der Waals surface area contributed by atoms with Gasteiger partial charge in [-0.2, -0.15) is 0 Å². The molecule has 1 aliphatic carbocycles. The van der Waals surface area contributed by atoms with Gasteiger partial charge in [-0.1, -0.05) is 24.9 Å². The van der Waals surface area contributed by atoms with Gasteiger partial charge in [0.25, 0.3) is 0 Å². The number of halogens is 1. The molecule has 0 aliphatic heterocycles. The minimum absolute atomic E-state index is 0.396. The summed E-state index contributed by atoms with van der Waals surface area (Å²) in [6, 6.07) is 1.81. The molecule has 1 N–H and O–H groups in total. The van der Waals surface area contributed by atoms with E-state index in [4.69, 9.17) is 11.6 Å². The van der Waals surface area contributed by atoms with Gasteiger partial charge in [0.15, 0.2) is 0 Å². The van der Waals surface area contributed by atoms with Gasteiger partial charge in [-0.3, -0.25) is 4.98 Å². The van der Waals surface area contributed by atoms with Crippen LogP contribution in [0.5, 0.6) is 0 Å². The first kappa shape index (κ1) is 9.94. The van der Waals surface area contributed by atoms with Crippen molar-refractivity contribution in [3.05, 3.63) is 29.0 Å². The fourth-order valence-corrected chi connectivity index (χ4v) is 2.18. The summed E-state index contributed by atoms with van der Waals surface area (Å²) in [5, 5.41) is 10.8. The van der Waals surface area contributed by atoms with Crippen LogP contribution in [0.25, 0.3) is 0 Å². The molecular formula is C11H14ClNO. The minimum atomic E-state index is -0.645. The standard InChI is InChI=1S/C11H14ClNO/c1-2-3-8-5-11(8,14)9-4-10(12)7-13-6-9/h4,6-8,14H,2-3,5H2,1H3. The second kappa shape index (κ2) is 3.52. The summed E-state index contributed by atoms with van der Waals surface area (Å²) in [5.41, 5.74) is 0.219. The van der Waals surface area contributed by atoms with Gasteiger partial charge < -0.3 is 5.11 Å². The summed E-state index contributed by atoms with van der Waals surface area (Å²) in [6.45, 7) is 2.13. The molecule has 0 bridgehead atoms. The minimum Gasteiger partial charge on any atom is -0.385 e. The lowest BCUT2D eigenvalue weighted by Crippen LogP contribution is -2.08. The molecule has 3 heteroatoms. The zero-order chi connectivity index (χ0) is 10.2. The molecule has 0 aromatic carbocycles. The Balaban J connectivity index is 2.17. The molecule has 2 rings (SSSR count). The molecule has 1 aromatic heterocycles. The lowest BCUT2D eigenvalue weighted by Gasteiger charge is -2.10. The average molecular weight is 212 g/mol. The maximum absolute atomic E-state index is 10.2. The largest absolute Gasteiger partial charge is 0.385 e. The topological polar surface area (TPSA) is 33.1 Å². The van der Waals surface area contributed by atoms with Crippen molar-refractivity contribution in [2.75, 3.05) is 0 Å². The first-order valence-electron chi connectivity index (χ1n) is 5.00. The molecule has 0 radical (unpaired) electrons. The Morgan fingerprint density at radius 1 is 1.64 bits per heavy atom. The highest BCUT2D eigenvalue weighted by Crippen LogP contribution is 2.54. The zero-order valence-corrected chi connectivity index (χ0v) is 8.96. The molecule has 1 saturated carbocycles. The van der Waals surface area contributed by atoms with Crippen molar-refractivity contribution in [1.82, 2.24) is 4.98 Å². The maximum Gasteiger partial charge on any atom is 0.0944 e. The maximum atomic E-state index is 10.2. The second-order valence-corrected chi connectivity index (χ2v) is 4.44. The van der Waals surface area contributed by atoms with E-state index in [1.165, 1.54) is 0 Å². The third-order valence-corrected chi connectivity index (χ3v) is 3.12. The van der Waals surface area contributed by atoms with Crippen molar-refractivity contribution in [3.63, 3.8) is 0 Å². The first-order chi connectivity index (χ1) is 6.66. The first-order valence-corrected chi connectivity index (χ1v) is 5.38. The van der Waals surface area contributed by atoms with E-state index in [2.05, 4.69) is 11.9 Å². The highest BCUT2D eigenvalue weighted by Gasteiger charge is 2.53. The van der Waals surface area contributed by atoms with Gasteiger partial charge in [0.2, 0.25) is 0 Å². The summed E-state index contributed by atoms with van der Waals surface area (Å²) in [5.74, 6) is 0.396. The van der Waals surface area contributed by atoms with Crippen molar-refractivity contribution in [3.8, 4) is 0 Å². The zero-order valence-electron chi connectivity index (χ0n) is 8.20. The molecule has 1 aromatic rings. The van der Waals surface area contributed by atoms with Crippen molar-refractivity contribution in [2.45, 2.75) is 31.8 Å². The highest BCUT2D eigenvalue weighted by atomic mass is 35.5. The molecule has 2 atom stereocenters. The van der Waals surface area contributed by atoms with E-state index in [9.17, 15) is 5.11 Å². The molecule has 14 heavy (non-hydrogen) atoms. The van der Waals surface area contributed by atoms with Crippen LogP contribution < -0.4 is 0 Å². The summed E-state index contributed by atoms with van der Waals surface area (Å²) in [4.78, 5) is 3.99. The van der Waals surface area contributed by atoms with Crippen LogP contribution in [-0.4, -0.2) is 10.1 Å². The fraction of sp³-hybridized carbons (Fsp3) is 0.545. The van der Waals surface area contributed by atoms with Crippen LogP contribution >= 0.6 is 11.6 Å². The molecule has 2 unspecified atom stereocenters. The fourth-order valence-electron chi connectivity index (χ4n) is 2.01. The molecule has 0 spiro atoms. The Hall–Kier alpha value is -0.600. The Morgan fingerprint density at radius 3 is 3.07 bits per heavy atom. The number of hydrogen-bond donors (Lipinski definition) is 1. The number of aromatic nitrogens is 1. The third-order valence-electron chi connectivity index (χ3n) is 2.91. The predicted molar refractivity (Wildman–Crippen MR) is 56.2 cm³/mol. The molecule has 1 fully saturated rings. The molecule has 1 aliphatic rings. The summed E-state index contributed by atoms with van der Waals surface area (Å²) in [7, 11) is 0. The second-order valence-electron chi connectivity index (χ2n) is 4.01. The van der Waals surface area contributed by atoms with Gasteiger partial charge in [-0.15, -0.1) is 0 Å². The van der Waals surface area contributed by atoms with Gasteiger partial charge in [0, 0.05) is 18.0 Å². The lowest BCUT2D eigenvalue weighted by atomic mass is 10.1. The van der Waals surface area contributed by atoms with E-state index in [1.807, 2.05) is 6.07 Å². The molecule has 1 heterocycles. The molecular weight excluding hydrogens is 198 g/mol. The van der Waals surface area contributed by atoms with E-state index >= 15 is 0 Å². The smallest absolute Gasteiger partial charge is 0.0944 e. The van der Waals surface area contributed by atoms with Crippen molar-refractivity contribution < 1.29 is 5.11 Å². The number of pyridine rings is 1. The Labute approximate surface area is 88.9 Å². The Kier molecular flexibility index (Phi) is 2.50. The van der Waals surface area contributed by atoms with Crippen LogP contribution in [0.15, 0.2) is 18.5 Å². The molecule has 0 saturated heterocycles. The summed E-state index contributed by atoms with van der Waals surface area (Å²) >= 11 is 5.83. The Morgan fingerprint density at radius 2 is 2.43 bits per heavy atom. The van der Waals surface area contributed by atoms with Crippen LogP contribution in [-0.2, 0) is 5.60 Å². The van der Waals surface area contributed by atoms with Gasteiger partial charge >= 0.3 is 0 Å². The van der Waals surface area contributed by atoms with Gasteiger partial charge in [-0.25, -0.2) is 0 Å². The van der Waals surface area contributed by atoms with Gasteiger partial charge in [0.1, 0.15) is 0 Å². The molecule has 2 nitrogen and oxygen atoms in total. The lowest BCUT2D eigenvalue weighted by molar-refractivity contribution is 0.128. The normalized spacial score (nSPS) is 30.4. The van der Waals surface area contributed by atoms with E-state index in [1.54, 1.807) is 12.4 Å². The van der Waals surface area contributed by atoms with Crippen molar-refractivity contribution in [1.29, 1.82) is 0 Å². The van der Waals surface area contributed by atoms with Crippen molar-refractivity contribution in [2.24, 2.45) is 5.92 Å². The van der Waals surface area contributed by atoms with Crippen LogP contribution in [0.3, 0.4) is 0 Å². The third kappa shape index (κ3) is 1.64. The van der Waals surface area contributed by atoms with E-state index in [0.717, 1.165) is 24.8 Å². The predicted octanol–water partition coefficient (Wildman–Crippen LogP) is 2.74. The monoisotopic (exact) mass is 211 g/mol. The number of rotatable bonds is 3. The molecule has 0 amide bonds. The molecule has 76 valence electrons. The highest BCUT2D eigenvalue weighted by molar-refractivity contribution is 6.30. The van der Waals surface area contributed by atoms with Crippen LogP contribution in [0, 0.1) is 5.92 Å². The Bertz CT molecular complexity index is 342.